The highest BCUT2D eigenvalue weighted by Gasteiger charge is 2.21. The number of methoxy groups -OCH3 is 1. The first-order valence-corrected chi connectivity index (χ1v) is 8.18. The topological polar surface area (TPSA) is 86.5 Å². The Morgan fingerprint density at radius 3 is 2.81 bits per heavy atom. The van der Waals surface area contributed by atoms with Crippen molar-refractivity contribution >= 4 is 34.8 Å². The number of anilines is 1. The molecule has 0 spiro atoms. The number of hydrogen-bond acceptors (Lipinski definition) is 5. The van der Waals surface area contributed by atoms with Crippen molar-refractivity contribution in [3.8, 4) is 17.0 Å². The SMILES string of the molecule is CC=CCONC(=O)c1nc(-c2ccc(Cl)c(OC)c2F)cc(N)c1Cl. The fourth-order valence-corrected chi connectivity index (χ4v) is 2.46. The number of hydroxylamine groups is 1. The quantitative estimate of drug-likeness (QED) is 0.435. The van der Waals surface area contributed by atoms with Gasteiger partial charge in [-0.3, -0.25) is 9.63 Å². The van der Waals surface area contributed by atoms with E-state index in [0.29, 0.717) is 0 Å². The van der Waals surface area contributed by atoms with Crippen molar-refractivity contribution < 1.29 is 18.8 Å². The number of benzene rings is 1. The van der Waals surface area contributed by atoms with Gasteiger partial charge in [0.1, 0.15) is 0 Å². The van der Waals surface area contributed by atoms with E-state index in [-0.39, 0.29) is 45.0 Å². The minimum Gasteiger partial charge on any atom is -0.492 e. The smallest absolute Gasteiger partial charge is 0.295 e. The summed E-state index contributed by atoms with van der Waals surface area (Å²) in [5, 5.41) is 0.0354. The summed E-state index contributed by atoms with van der Waals surface area (Å²) in [6.45, 7) is 1.97. The first kappa shape index (κ1) is 20.0. The van der Waals surface area contributed by atoms with Crippen LogP contribution in [0.3, 0.4) is 0 Å². The predicted molar refractivity (Wildman–Crippen MR) is 98.8 cm³/mol. The Kier molecular flexibility index (Phi) is 6.79. The molecule has 9 heteroatoms. The third-order valence-electron chi connectivity index (χ3n) is 3.31. The molecule has 0 bridgehead atoms. The second-order valence-corrected chi connectivity index (χ2v) is 5.80. The molecule has 0 fully saturated rings. The molecule has 0 aliphatic heterocycles. The summed E-state index contributed by atoms with van der Waals surface area (Å²) >= 11 is 11.9. The number of pyridine rings is 1. The van der Waals surface area contributed by atoms with Crippen LogP contribution in [-0.2, 0) is 4.84 Å². The Hall–Kier alpha value is -2.35. The van der Waals surface area contributed by atoms with E-state index >= 15 is 0 Å². The van der Waals surface area contributed by atoms with Gasteiger partial charge in [-0.2, -0.15) is 0 Å². The first-order valence-electron chi connectivity index (χ1n) is 7.42. The predicted octanol–water partition coefficient (Wildman–Crippen LogP) is 4.02. The van der Waals surface area contributed by atoms with Gasteiger partial charge in [0.25, 0.3) is 5.91 Å². The number of amides is 1. The Morgan fingerprint density at radius 2 is 2.15 bits per heavy atom. The molecule has 3 N–H and O–H groups in total. The number of halogens is 3. The van der Waals surface area contributed by atoms with Crippen molar-refractivity contribution in [1.82, 2.24) is 10.5 Å². The largest absolute Gasteiger partial charge is 0.492 e. The van der Waals surface area contributed by atoms with E-state index in [4.69, 9.17) is 38.5 Å². The van der Waals surface area contributed by atoms with Crippen LogP contribution in [0.4, 0.5) is 10.1 Å². The highest BCUT2D eigenvalue weighted by Crippen LogP contribution is 2.36. The Bertz CT molecular complexity index is 860. The van der Waals surface area contributed by atoms with Crippen LogP contribution in [0.5, 0.6) is 5.75 Å². The highest BCUT2D eigenvalue weighted by molar-refractivity contribution is 6.36. The molecule has 1 aromatic carbocycles. The third kappa shape index (κ3) is 4.24. The minimum absolute atomic E-state index is 0.0542. The zero-order valence-electron chi connectivity index (χ0n) is 14.0. The zero-order valence-corrected chi connectivity index (χ0v) is 15.5. The summed E-state index contributed by atoms with van der Waals surface area (Å²) in [6.07, 6.45) is 3.45. The lowest BCUT2D eigenvalue weighted by molar-refractivity contribution is 0.0416. The normalized spacial score (nSPS) is 11.0. The Balaban J connectivity index is 2.44. The maximum absolute atomic E-state index is 14.6. The minimum atomic E-state index is -0.732. The lowest BCUT2D eigenvalue weighted by Crippen LogP contribution is -2.25. The van der Waals surface area contributed by atoms with Crippen LogP contribution < -0.4 is 16.0 Å². The number of ether oxygens (including phenoxy) is 1. The number of nitrogens with two attached hydrogens (primary N) is 1. The van der Waals surface area contributed by atoms with Crippen LogP contribution in [-0.4, -0.2) is 24.6 Å². The Morgan fingerprint density at radius 1 is 1.42 bits per heavy atom. The molecule has 6 nitrogen and oxygen atoms in total. The molecule has 0 aliphatic rings. The molecule has 26 heavy (non-hydrogen) atoms. The van der Waals surface area contributed by atoms with Gasteiger partial charge in [-0.05, 0) is 25.1 Å². The molecular weight excluding hydrogens is 384 g/mol. The molecule has 0 saturated carbocycles. The molecule has 0 atom stereocenters. The van der Waals surface area contributed by atoms with Crippen molar-refractivity contribution in [3.63, 3.8) is 0 Å². The van der Waals surface area contributed by atoms with Crippen LogP contribution in [0.2, 0.25) is 10.0 Å². The number of nitrogen functional groups attached to an aromatic ring is 1. The second-order valence-electron chi connectivity index (χ2n) is 5.01. The van der Waals surface area contributed by atoms with E-state index in [9.17, 15) is 9.18 Å². The van der Waals surface area contributed by atoms with E-state index in [1.165, 1.54) is 25.3 Å². The third-order valence-corrected chi connectivity index (χ3v) is 4.01. The average molecular weight is 400 g/mol. The molecule has 138 valence electrons. The summed E-state index contributed by atoms with van der Waals surface area (Å²) < 4.78 is 19.6. The number of rotatable bonds is 6. The van der Waals surface area contributed by atoms with Gasteiger partial charge in [0.15, 0.2) is 17.3 Å². The van der Waals surface area contributed by atoms with Crippen molar-refractivity contribution in [2.75, 3.05) is 19.5 Å². The monoisotopic (exact) mass is 399 g/mol. The van der Waals surface area contributed by atoms with Crippen LogP contribution in [0.15, 0.2) is 30.4 Å². The molecule has 0 unspecified atom stereocenters. The van der Waals surface area contributed by atoms with Crippen molar-refractivity contribution in [2.24, 2.45) is 0 Å². The van der Waals surface area contributed by atoms with Gasteiger partial charge in [0, 0.05) is 5.56 Å². The van der Waals surface area contributed by atoms with Gasteiger partial charge in [-0.1, -0.05) is 35.4 Å². The molecule has 0 aliphatic carbocycles. The molecule has 0 radical (unpaired) electrons. The van der Waals surface area contributed by atoms with Gasteiger partial charge < -0.3 is 10.5 Å². The molecule has 1 aromatic heterocycles. The summed E-state index contributed by atoms with van der Waals surface area (Å²) in [6, 6.07) is 4.21. The fourth-order valence-electron chi connectivity index (χ4n) is 2.05. The maximum Gasteiger partial charge on any atom is 0.295 e. The van der Waals surface area contributed by atoms with E-state index in [0.717, 1.165) is 0 Å². The van der Waals surface area contributed by atoms with E-state index in [1.54, 1.807) is 12.2 Å². The maximum atomic E-state index is 14.6. The van der Waals surface area contributed by atoms with Crippen molar-refractivity contribution in [3.05, 3.63) is 51.9 Å². The number of allylic oxidation sites excluding steroid dienone is 1. The first-order chi connectivity index (χ1) is 12.4. The van der Waals surface area contributed by atoms with Gasteiger partial charge in [-0.15, -0.1) is 0 Å². The molecule has 1 amide bonds. The van der Waals surface area contributed by atoms with Crippen molar-refractivity contribution in [2.45, 2.75) is 6.92 Å². The van der Waals surface area contributed by atoms with E-state index in [1.807, 2.05) is 6.92 Å². The number of nitrogens with one attached hydrogen (secondary N) is 1. The summed E-state index contributed by atoms with van der Waals surface area (Å²) in [5.41, 5.74) is 8.04. The number of nitrogens with zero attached hydrogens (tertiary/aromatic N) is 1. The van der Waals surface area contributed by atoms with Crippen LogP contribution >= 0.6 is 23.2 Å². The molecular formula is C17H16Cl2FN3O3. The van der Waals surface area contributed by atoms with Crippen LogP contribution in [0.25, 0.3) is 11.3 Å². The number of carbonyl (C=O) groups is 1. The van der Waals surface area contributed by atoms with Gasteiger partial charge in [-0.25, -0.2) is 14.9 Å². The van der Waals surface area contributed by atoms with Gasteiger partial charge in [0.05, 0.1) is 35.1 Å². The van der Waals surface area contributed by atoms with Crippen LogP contribution in [0.1, 0.15) is 17.4 Å². The lowest BCUT2D eigenvalue weighted by Gasteiger charge is -2.12. The standard InChI is InChI=1S/C17H16Cl2FN3O3/c1-3-4-7-26-23-17(24)15-13(19)11(21)8-12(22-15)9-5-6-10(18)16(25-2)14(9)20/h3-6,8H,7H2,1-2H3,(H2,21,22)(H,23,24). The average Bonchev–Trinajstić information content (AvgIpc) is 2.61. The Labute approximate surface area is 159 Å². The van der Waals surface area contributed by atoms with E-state index in [2.05, 4.69) is 10.5 Å². The number of carbonyl (C=O) groups excluding carboxylic acids is 1. The van der Waals surface area contributed by atoms with Crippen molar-refractivity contribution in [1.29, 1.82) is 0 Å². The summed E-state index contributed by atoms with van der Waals surface area (Å²) in [4.78, 5) is 21.3. The molecule has 2 rings (SSSR count). The summed E-state index contributed by atoms with van der Waals surface area (Å²) in [7, 11) is 1.29. The van der Waals surface area contributed by atoms with Gasteiger partial charge in [0.2, 0.25) is 0 Å². The number of aromatic nitrogens is 1. The van der Waals surface area contributed by atoms with Crippen LogP contribution in [0, 0.1) is 5.82 Å². The fraction of sp³-hybridized carbons (Fsp3) is 0.176. The lowest BCUT2D eigenvalue weighted by atomic mass is 10.1. The van der Waals surface area contributed by atoms with E-state index < -0.39 is 11.7 Å². The summed E-state index contributed by atoms with van der Waals surface area (Å²) in [5.74, 6) is -1.58. The van der Waals surface area contributed by atoms with Gasteiger partial charge >= 0.3 is 0 Å². The molecule has 1 heterocycles. The second kappa shape index (κ2) is 8.84. The molecule has 0 saturated heterocycles. The molecule has 2 aromatic rings. The number of hydrogen-bond donors (Lipinski definition) is 2. The zero-order chi connectivity index (χ0) is 19.3. The highest BCUT2D eigenvalue weighted by atomic mass is 35.5.